The third-order valence-electron chi connectivity index (χ3n) is 3.72. The van der Waals surface area contributed by atoms with Crippen LogP contribution in [-0.2, 0) is 6.42 Å². The summed E-state index contributed by atoms with van der Waals surface area (Å²) in [5.74, 6) is 0.961. The number of hydrogen-bond acceptors (Lipinski definition) is 2. The van der Waals surface area contributed by atoms with Gasteiger partial charge in [0.25, 0.3) is 0 Å². The van der Waals surface area contributed by atoms with Crippen molar-refractivity contribution in [1.29, 1.82) is 0 Å². The zero-order valence-corrected chi connectivity index (χ0v) is 12.7. The molecule has 0 aliphatic rings. The first-order valence-electron chi connectivity index (χ1n) is 7.79. The van der Waals surface area contributed by atoms with Gasteiger partial charge >= 0.3 is 0 Å². The Morgan fingerprint density at radius 3 is 2.41 bits per heavy atom. The van der Waals surface area contributed by atoms with Gasteiger partial charge in [-0.3, -0.25) is 0 Å². The van der Waals surface area contributed by atoms with E-state index in [1.54, 1.807) is 0 Å². The summed E-state index contributed by atoms with van der Waals surface area (Å²) >= 11 is 0. The molecule has 0 aliphatic carbocycles. The fraction of sp³-hybridized carbons (Fsp3) is 0.200. The molecule has 0 heterocycles. The Balaban J connectivity index is 1.43. The van der Waals surface area contributed by atoms with Gasteiger partial charge in [0.2, 0.25) is 0 Å². The highest BCUT2D eigenvalue weighted by atomic mass is 16.5. The monoisotopic (exact) mass is 291 g/mol. The number of fused-ring (bicyclic) bond motifs is 1. The topological polar surface area (TPSA) is 21.3 Å². The summed E-state index contributed by atoms with van der Waals surface area (Å²) in [5, 5.41) is 5.82. The maximum atomic E-state index is 5.91. The normalized spacial score (nSPS) is 10.7. The molecule has 3 aromatic rings. The van der Waals surface area contributed by atoms with Crippen molar-refractivity contribution >= 4 is 10.8 Å². The van der Waals surface area contributed by atoms with Crippen LogP contribution in [0, 0.1) is 0 Å². The highest BCUT2D eigenvalue weighted by molar-refractivity contribution is 5.88. The second kappa shape index (κ2) is 7.62. The van der Waals surface area contributed by atoms with Crippen molar-refractivity contribution in [3.63, 3.8) is 0 Å². The summed E-state index contributed by atoms with van der Waals surface area (Å²) in [6.45, 7) is 2.52. The molecule has 0 saturated carbocycles. The second-order valence-electron chi connectivity index (χ2n) is 5.31. The molecule has 0 amide bonds. The molecule has 3 rings (SSSR count). The van der Waals surface area contributed by atoms with Gasteiger partial charge < -0.3 is 10.1 Å². The number of benzene rings is 3. The molecule has 2 heteroatoms. The van der Waals surface area contributed by atoms with Gasteiger partial charge in [0.1, 0.15) is 12.4 Å². The van der Waals surface area contributed by atoms with Crippen LogP contribution in [0.5, 0.6) is 5.75 Å². The number of nitrogens with one attached hydrogen (secondary N) is 1. The Labute approximate surface area is 131 Å². The molecule has 0 aliphatic heterocycles. The van der Waals surface area contributed by atoms with E-state index < -0.39 is 0 Å². The first-order valence-corrected chi connectivity index (χ1v) is 7.79. The van der Waals surface area contributed by atoms with Crippen LogP contribution in [0.2, 0.25) is 0 Å². The largest absolute Gasteiger partial charge is 0.492 e. The molecule has 112 valence electrons. The van der Waals surface area contributed by atoms with Crippen molar-refractivity contribution in [2.24, 2.45) is 0 Å². The second-order valence-corrected chi connectivity index (χ2v) is 5.31. The van der Waals surface area contributed by atoms with E-state index >= 15 is 0 Å². The Hall–Kier alpha value is -2.32. The summed E-state index contributed by atoms with van der Waals surface area (Å²) < 4.78 is 5.91. The van der Waals surface area contributed by atoms with Gasteiger partial charge in [0, 0.05) is 11.9 Å². The van der Waals surface area contributed by atoms with Crippen LogP contribution < -0.4 is 10.1 Å². The fourth-order valence-corrected chi connectivity index (χ4v) is 2.56. The molecule has 0 unspecified atom stereocenters. The van der Waals surface area contributed by atoms with Gasteiger partial charge in [-0.1, -0.05) is 66.7 Å². The molecule has 0 spiro atoms. The van der Waals surface area contributed by atoms with Crippen molar-refractivity contribution in [2.75, 3.05) is 19.7 Å². The maximum Gasteiger partial charge on any atom is 0.127 e. The van der Waals surface area contributed by atoms with Gasteiger partial charge in [-0.05, 0) is 30.0 Å². The van der Waals surface area contributed by atoms with Crippen LogP contribution in [0.25, 0.3) is 10.8 Å². The van der Waals surface area contributed by atoms with Gasteiger partial charge in [-0.15, -0.1) is 0 Å². The number of rotatable bonds is 7. The van der Waals surface area contributed by atoms with Gasteiger partial charge in [-0.2, -0.15) is 0 Å². The van der Waals surface area contributed by atoms with Crippen molar-refractivity contribution in [3.8, 4) is 5.75 Å². The molecule has 1 N–H and O–H groups in total. The van der Waals surface area contributed by atoms with Crippen molar-refractivity contribution < 1.29 is 4.74 Å². The lowest BCUT2D eigenvalue weighted by Crippen LogP contribution is -2.23. The molecule has 0 radical (unpaired) electrons. The maximum absolute atomic E-state index is 5.91. The van der Waals surface area contributed by atoms with Gasteiger partial charge in [-0.25, -0.2) is 0 Å². The number of ether oxygens (including phenoxy) is 1. The molecule has 0 saturated heterocycles. The van der Waals surface area contributed by atoms with Gasteiger partial charge in [0.15, 0.2) is 0 Å². The van der Waals surface area contributed by atoms with E-state index in [4.69, 9.17) is 4.74 Å². The van der Waals surface area contributed by atoms with E-state index in [1.807, 2.05) is 18.2 Å². The summed E-state index contributed by atoms with van der Waals surface area (Å²) in [5.41, 5.74) is 1.37. The molecular formula is C20H21NO. The summed E-state index contributed by atoms with van der Waals surface area (Å²) in [4.78, 5) is 0. The molecule has 2 nitrogen and oxygen atoms in total. The zero-order valence-electron chi connectivity index (χ0n) is 12.7. The minimum atomic E-state index is 0.683. The van der Waals surface area contributed by atoms with Crippen molar-refractivity contribution in [3.05, 3.63) is 78.4 Å². The SMILES string of the molecule is c1ccc(CCNCCOc2cccc3ccccc23)cc1. The minimum absolute atomic E-state index is 0.683. The Kier molecular flexibility index (Phi) is 5.06. The van der Waals surface area contributed by atoms with E-state index in [0.29, 0.717) is 6.61 Å². The molecule has 0 bridgehead atoms. The zero-order chi connectivity index (χ0) is 15.0. The van der Waals surface area contributed by atoms with Crippen LogP contribution in [-0.4, -0.2) is 19.7 Å². The van der Waals surface area contributed by atoms with E-state index in [0.717, 1.165) is 25.3 Å². The summed E-state index contributed by atoms with van der Waals surface area (Å²) in [6.07, 6.45) is 1.05. The third kappa shape index (κ3) is 3.86. The lowest BCUT2D eigenvalue weighted by molar-refractivity contribution is 0.318. The molecule has 0 atom stereocenters. The lowest BCUT2D eigenvalue weighted by atomic mass is 10.1. The standard InChI is InChI=1S/C20H21NO/c1-2-7-17(8-3-1)13-14-21-15-16-22-20-12-6-10-18-9-4-5-11-19(18)20/h1-12,21H,13-16H2. The highest BCUT2D eigenvalue weighted by Crippen LogP contribution is 2.24. The smallest absolute Gasteiger partial charge is 0.127 e. The van der Waals surface area contributed by atoms with Crippen LogP contribution in [0.4, 0.5) is 0 Å². The predicted molar refractivity (Wildman–Crippen MR) is 92.5 cm³/mol. The molecule has 3 aromatic carbocycles. The third-order valence-corrected chi connectivity index (χ3v) is 3.72. The predicted octanol–water partition coefficient (Wildman–Crippen LogP) is 4.05. The Bertz CT molecular complexity index is 704. The van der Waals surface area contributed by atoms with Crippen LogP contribution in [0.15, 0.2) is 72.8 Å². The van der Waals surface area contributed by atoms with Crippen molar-refractivity contribution in [1.82, 2.24) is 5.32 Å². The first-order chi connectivity index (χ1) is 10.9. The quantitative estimate of drug-likeness (QED) is 0.663. The first kappa shape index (κ1) is 14.6. The fourth-order valence-electron chi connectivity index (χ4n) is 2.56. The molecular weight excluding hydrogens is 270 g/mol. The van der Waals surface area contributed by atoms with E-state index in [1.165, 1.54) is 16.3 Å². The molecule has 0 fully saturated rings. The number of hydrogen-bond donors (Lipinski definition) is 1. The van der Waals surface area contributed by atoms with Crippen LogP contribution >= 0.6 is 0 Å². The van der Waals surface area contributed by atoms with E-state index in [2.05, 4.69) is 59.9 Å². The van der Waals surface area contributed by atoms with Gasteiger partial charge in [0.05, 0.1) is 0 Å². The lowest BCUT2D eigenvalue weighted by Gasteiger charge is -2.10. The molecule has 22 heavy (non-hydrogen) atoms. The molecule has 0 aromatic heterocycles. The van der Waals surface area contributed by atoms with Crippen molar-refractivity contribution in [2.45, 2.75) is 6.42 Å². The average Bonchev–Trinajstić information content (AvgIpc) is 2.59. The van der Waals surface area contributed by atoms with Crippen LogP contribution in [0.3, 0.4) is 0 Å². The van der Waals surface area contributed by atoms with E-state index in [9.17, 15) is 0 Å². The van der Waals surface area contributed by atoms with Crippen LogP contribution in [0.1, 0.15) is 5.56 Å². The average molecular weight is 291 g/mol. The Morgan fingerprint density at radius 2 is 1.50 bits per heavy atom. The van der Waals surface area contributed by atoms with E-state index in [-0.39, 0.29) is 0 Å². The Morgan fingerprint density at radius 1 is 0.727 bits per heavy atom. The summed E-state index contributed by atoms with van der Waals surface area (Å²) in [7, 11) is 0. The summed E-state index contributed by atoms with van der Waals surface area (Å²) in [6, 6.07) is 25.0. The highest BCUT2D eigenvalue weighted by Gasteiger charge is 2.00. The minimum Gasteiger partial charge on any atom is -0.492 e.